The van der Waals surface area contributed by atoms with Crippen LogP contribution in [0.3, 0.4) is 0 Å². The second-order valence-corrected chi connectivity index (χ2v) is 8.44. The van der Waals surface area contributed by atoms with Crippen LogP contribution in [0.1, 0.15) is 41.3 Å². The van der Waals surface area contributed by atoms with Crippen LogP contribution in [0, 0.1) is 17.0 Å². The lowest BCUT2D eigenvalue weighted by molar-refractivity contribution is -0.384. The van der Waals surface area contributed by atoms with E-state index in [9.17, 15) is 19.7 Å². The minimum absolute atomic E-state index is 0.137. The van der Waals surface area contributed by atoms with Crippen LogP contribution in [0.15, 0.2) is 66.7 Å². The number of carbonyl (C=O) groups excluding carboxylic acids is 2. The first-order valence-corrected chi connectivity index (χ1v) is 11.5. The summed E-state index contributed by atoms with van der Waals surface area (Å²) >= 11 is 0. The normalized spacial score (nSPS) is 10.6. The number of benzene rings is 3. The van der Waals surface area contributed by atoms with Crippen LogP contribution >= 0.6 is 0 Å². The Morgan fingerprint density at radius 1 is 0.972 bits per heavy atom. The summed E-state index contributed by atoms with van der Waals surface area (Å²) in [7, 11) is 0. The molecule has 0 aliphatic heterocycles. The highest BCUT2D eigenvalue weighted by atomic mass is 16.6. The fourth-order valence-electron chi connectivity index (χ4n) is 3.48. The van der Waals surface area contributed by atoms with E-state index in [1.54, 1.807) is 24.3 Å². The van der Waals surface area contributed by atoms with E-state index in [0.717, 1.165) is 16.9 Å². The summed E-state index contributed by atoms with van der Waals surface area (Å²) in [5.41, 5.74) is 2.62. The van der Waals surface area contributed by atoms with Gasteiger partial charge >= 0.3 is 0 Å². The molecule has 3 aromatic rings. The number of nitro groups is 1. The van der Waals surface area contributed by atoms with Gasteiger partial charge in [-0.15, -0.1) is 0 Å². The van der Waals surface area contributed by atoms with Crippen molar-refractivity contribution < 1.29 is 24.0 Å². The van der Waals surface area contributed by atoms with Crippen molar-refractivity contribution in [1.29, 1.82) is 0 Å². The Kier molecular flexibility index (Phi) is 8.99. The lowest BCUT2D eigenvalue weighted by atomic mass is 10.0. The topological polar surface area (TPSA) is 120 Å². The number of ether oxygens (including phenoxy) is 2. The van der Waals surface area contributed by atoms with E-state index in [-0.39, 0.29) is 41.7 Å². The van der Waals surface area contributed by atoms with Crippen LogP contribution in [0.2, 0.25) is 0 Å². The number of rotatable bonds is 11. The number of aryl methyl sites for hydroxylation is 1. The Labute approximate surface area is 209 Å². The van der Waals surface area contributed by atoms with Gasteiger partial charge in [-0.3, -0.25) is 19.7 Å². The lowest BCUT2D eigenvalue weighted by Gasteiger charge is -2.15. The highest BCUT2D eigenvalue weighted by molar-refractivity contribution is 5.97. The summed E-state index contributed by atoms with van der Waals surface area (Å²) in [5.74, 6) is 0.483. The number of para-hydroxylation sites is 1. The average molecular weight is 492 g/mol. The fraction of sp³-hybridized carbons (Fsp3) is 0.259. The Balaban J connectivity index is 1.53. The van der Waals surface area contributed by atoms with E-state index >= 15 is 0 Å². The molecule has 0 atom stereocenters. The maximum atomic E-state index is 12.7. The van der Waals surface area contributed by atoms with E-state index in [2.05, 4.69) is 30.5 Å². The van der Waals surface area contributed by atoms with Crippen LogP contribution in [0.4, 0.5) is 11.4 Å². The number of non-ortho nitro benzene ring substituents is 1. The summed E-state index contributed by atoms with van der Waals surface area (Å²) in [6.45, 7) is 6.40. The predicted molar refractivity (Wildman–Crippen MR) is 137 cm³/mol. The summed E-state index contributed by atoms with van der Waals surface area (Å²) in [5, 5.41) is 16.2. The number of anilines is 1. The zero-order valence-electron chi connectivity index (χ0n) is 20.4. The Bertz CT molecular complexity index is 1240. The predicted octanol–water partition coefficient (Wildman–Crippen LogP) is 4.85. The second kappa shape index (κ2) is 12.3. The third-order valence-corrected chi connectivity index (χ3v) is 5.27. The van der Waals surface area contributed by atoms with Crippen LogP contribution in [0.5, 0.6) is 11.5 Å². The molecule has 9 nitrogen and oxygen atoms in total. The molecule has 0 unspecified atom stereocenters. The maximum absolute atomic E-state index is 12.7. The molecule has 0 aliphatic rings. The van der Waals surface area contributed by atoms with Gasteiger partial charge in [0.05, 0.1) is 17.0 Å². The number of nitro benzene ring substituents is 1. The largest absolute Gasteiger partial charge is 0.491 e. The van der Waals surface area contributed by atoms with Gasteiger partial charge in [0.2, 0.25) is 0 Å². The van der Waals surface area contributed by atoms with E-state index in [0.29, 0.717) is 12.5 Å². The van der Waals surface area contributed by atoms with Crippen molar-refractivity contribution in [2.75, 3.05) is 25.1 Å². The molecule has 3 aromatic carbocycles. The molecule has 0 saturated heterocycles. The molecule has 0 aliphatic carbocycles. The molecule has 0 heterocycles. The molecular weight excluding hydrogens is 462 g/mol. The molecule has 0 radical (unpaired) electrons. The first-order valence-electron chi connectivity index (χ1n) is 11.5. The Morgan fingerprint density at radius 2 is 1.75 bits per heavy atom. The maximum Gasteiger partial charge on any atom is 0.271 e. The Hall–Kier alpha value is -4.40. The second-order valence-electron chi connectivity index (χ2n) is 8.44. The minimum Gasteiger partial charge on any atom is -0.491 e. The molecule has 0 saturated carbocycles. The molecule has 188 valence electrons. The number of hydrogen-bond acceptors (Lipinski definition) is 6. The van der Waals surface area contributed by atoms with Crippen molar-refractivity contribution in [3.63, 3.8) is 0 Å². The summed E-state index contributed by atoms with van der Waals surface area (Å²) in [6, 6.07) is 18.3. The summed E-state index contributed by atoms with van der Waals surface area (Å²) in [6.07, 6.45) is 0. The molecule has 2 N–H and O–H groups in total. The van der Waals surface area contributed by atoms with Crippen LogP contribution in [-0.2, 0) is 4.79 Å². The van der Waals surface area contributed by atoms with Crippen molar-refractivity contribution in [3.8, 4) is 11.5 Å². The molecule has 0 bridgehead atoms. The van der Waals surface area contributed by atoms with Crippen molar-refractivity contribution in [2.45, 2.75) is 26.7 Å². The number of hydrogen-bond donors (Lipinski definition) is 2. The van der Waals surface area contributed by atoms with Crippen LogP contribution in [-0.4, -0.2) is 36.5 Å². The summed E-state index contributed by atoms with van der Waals surface area (Å²) in [4.78, 5) is 35.4. The molecule has 3 rings (SSSR count). The molecule has 2 amide bonds. The smallest absolute Gasteiger partial charge is 0.271 e. The number of carbonyl (C=O) groups is 2. The van der Waals surface area contributed by atoms with E-state index in [1.165, 1.54) is 24.3 Å². The number of amides is 2. The van der Waals surface area contributed by atoms with Gasteiger partial charge in [-0.1, -0.05) is 44.2 Å². The standard InChI is InChI=1S/C27H29N3O6/c1-18(2)22-12-11-19(3)15-25(22)35-14-13-28-27(32)23-9-4-5-10-24(23)36-17-26(31)29-20-7-6-8-21(16-20)30(33)34/h4-12,15-16,18H,13-14,17H2,1-3H3,(H,28,32)(H,29,31). The monoisotopic (exact) mass is 491 g/mol. The van der Waals surface area contributed by atoms with Crippen LogP contribution < -0.4 is 20.1 Å². The minimum atomic E-state index is -0.545. The third kappa shape index (κ3) is 7.30. The SMILES string of the molecule is Cc1ccc(C(C)C)c(OCCNC(=O)c2ccccc2OCC(=O)Nc2cccc([N+](=O)[O-])c2)c1. The zero-order valence-corrected chi connectivity index (χ0v) is 20.4. The van der Waals surface area contributed by atoms with Crippen molar-refractivity contribution in [1.82, 2.24) is 5.32 Å². The first-order chi connectivity index (χ1) is 17.2. The van der Waals surface area contributed by atoms with Gasteiger partial charge in [-0.2, -0.15) is 0 Å². The van der Waals surface area contributed by atoms with Crippen molar-refractivity contribution in [3.05, 3.63) is 93.5 Å². The van der Waals surface area contributed by atoms with Gasteiger partial charge in [0, 0.05) is 17.8 Å². The van der Waals surface area contributed by atoms with Gasteiger partial charge in [0.25, 0.3) is 17.5 Å². The van der Waals surface area contributed by atoms with Gasteiger partial charge in [0.15, 0.2) is 6.61 Å². The molecule has 0 aromatic heterocycles. The molecule has 36 heavy (non-hydrogen) atoms. The molecule has 0 fully saturated rings. The average Bonchev–Trinajstić information content (AvgIpc) is 2.85. The van der Waals surface area contributed by atoms with E-state index in [1.807, 2.05) is 19.1 Å². The van der Waals surface area contributed by atoms with Crippen molar-refractivity contribution in [2.24, 2.45) is 0 Å². The Morgan fingerprint density at radius 3 is 2.50 bits per heavy atom. The third-order valence-electron chi connectivity index (χ3n) is 5.27. The first kappa shape index (κ1) is 26.2. The summed E-state index contributed by atoms with van der Waals surface area (Å²) < 4.78 is 11.5. The van der Waals surface area contributed by atoms with Gasteiger partial charge in [-0.25, -0.2) is 0 Å². The highest BCUT2D eigenvalue weighted by Gasteiger charge is 2.14. The van der Waals surface area contributed by atoms with E-state index < -0.39 is 10.8 Å². The van der Waals surface area contributed by atoms with Crippen molar-refractivity contribution >= 4 is 23.2 Å². The fourth-order valence-corrected chi connectivity index (χ4v) is 3.48. The van der Waals surface area contributed by atoms with Gasteiger partial charge < -0.3 is 20.1 Å². The number of nitrogens with one attached hydrogen (secondary N) is 2. The molecule has 0 spiro atoms. The van der Waals surface area contributed by atoms with E-state index in [4.69, 9.17) is 9.47 Å². The number of nitrogens with zero attached hydrogens (tertiary/aromatic N) is 1. The van der Waals surface area contributed by atoms with Gasteiger partial charge in [-0.05, 0) is 48.2 Å². The zero-order chi connectivity index (χ0) is 26.1. The van der Waals surface area contributed by atoms with Crippen LogP contribution in [0.25, 0.3) is 0 Å². The molecular formula is C27H29N3O6. The van der Waals surface area contributed by atoms with Gasteiger partial charge in [0.1, 0.15) is 18.1 Å². The molecule has 9 heteroatoms. The quantitative estimate of drug-likeness (QED) is 0.225. The highest BCUT2D eigenvalue weighted by Crippen LogP contribution is 2.27. The lowest BCUT2D eigenvalue weighted by Crippen LogP contribution is -2.29.